The lowest BCUT2D eigenvalue weighted by molar-refractivity contribution is -0.0507. The second-order valence-electron chi connectivity index (χ2n) is 9.63. The van der Waals surface area contributed by atoms with E-state index in [0.29, 0.717) is 0 Å². The monoisotopic (exact) mass is 663 g/mol. The molecule has 0 aliphatic carbocycles. The van der Waals surface area contributed by atoms with Gasteiger partial charge in [0, 0.05) is 0 Å². The molecule has 0 bridgehead atoms. The molecule has 0 saturated carbocycles. The van der Waals surface area contributed by atoms with Crippen LogP contribution in [0, 0.1) is 0 Å². The summed E-state index contributed by atoms with van der Waals surface area (Å²) in [6.45, 7) is -1.81. The molecular formula is C21H27N7O14P2. The number of nitrogens with two attached hydrogens (primary N) is 2. The number of hydrogen-bond donors (Lipinski definition) is 8. The van der Waals surface area contributed by atoms with Crippen molar-refractivity contribution in [2.75, 3.05) is 18.9 Å². The van der Waals surface area contributed by atoms with Gasteiger partial charge in [0.1, 0.15) is 60.3 Å². The summed E-state index contributed by atoms with van der Waals surface area (Å²) in [5.41, 5.74) is 11.2. The van der Waals surface area contributed by atoms with E-state index in [9.17, 15) is 44.1 Å². The van der Waals surface area contributed by atoms with Gasteiger partial charge in [0.05, 0.1) is 25.2 Å². The van der Waals surface area contributed by atoms with Gasteiger partial charge in [0.2, 0.25) is 0 Å². The van der Waals surface area contributed by atoms with Crippen LogP contribution in [0.3, 0.4) is 0 Å². The number of ether oxygens (including phenoxy) is 2. The molecule has 10 N–H and O–H groups in total. The number of imidazole rings is 1. The lowest BCUT2D eigenvalue weighted by Crippen LogP contribution is -2.33. The Bertz CT molecular complexity index is 1630. The van der Waals surface area contributed by atoms with Crippen LogP contribution >= 0.6 is 15.6 Å². The maximum absolute atomic E-state index is 12.4. The van der Waals surface area contributed by atoms with Crippen molar-refractivity contribution in [3.05, 3.63) is 42.2 Å². The lowest BCUT2D eigenvalue weighted by Gasteiger charge is -2.20. The van der Waals surface area contributed by atoms with Crippen LogP contribution in [-0.2, 0) is 32.0 Å². The number of nitrogen functional groups attached to an aromatic ring is 1. The van der Waals surface area contributed by atoms with E-state index in [1.54, 1.807) is 0 Å². The van der Waals surface area contributed by atoms with E-state index in [-0.39, 0.29) is 28.4 Å². The number of pyridine rings is 1. The van der Waals surface area contributed by atoms with Crippen LogP contribution in [0.2, 0.25) is 0 Å². The number of fused-ring (bicyclic) bond motifs is 1. The zero-order chi connectivity index (χ0) is 32.0. The second-order valence-corrected chi connectivity index (χ2v) is 12.7. The van der Waals surface area contributed by atoms with Gasteiger partial charge in [-0.15, -0.1) is 0 Å². The molecule has 3 aromatic rings. The Morgan fingerprint density at radius 2 is 1.57 bits per heavy atom. The number of aliphatic hydroxyl groups excluding tert-OH is 4. The molecule has 4 unspecified atom stereocenters. The van der Waals surface area contributed by atoms with Crippen LogP contribution in [0.25, 0.3) is 11.2 Å². The van der Waals surface area contributed by atoms with Crippen molar-refractivity contribution >= 4 is 38.5 Å². The van der Waals surface area contributed by atoms with Crippen LogP contribution in [0.4, 0.5) is 5.82 Å². The predicted molar refractivity (Wildman–Crippen MR) is 141 cm³/mol. The molecule has 0 radical (unpaired) electrons. The minimum absolute atomic E-state index is 0.0225. The fourth-order valence-corrected chi connectivity index (χ4v) is 6.63. The first-order chi connectivity index (χ1) is 20.7. The summed E-state index contributed by atoms with van der Waals surface area (Å²) in [5.74, 6) is -0.807. The maximum Gasteiger partial charge on any atom is 0.481 e. The summed E-state index contributed by atoms with van der Waals surface area (Å²) >= 11 is 0. The highest BCUT2D eigenvalue weighted by atomic mass is 31.3. The third-order valence-corrected chi connectivity index (χ3v) is 9.29. The molecule has 2 aliphatic rings. The summed E-state index contributed by atoms with van der Waals surface area (Å²) in [5, 5.41) is 41.6. The Kier molecular flexibility index (Phi) is 9.13. The number of amides is 1. The van der Waals surface area contributed by atoms with E-state index >= 15 is 0 Å². The minimum atomic E-state index is -5.38. The number of carbonyl (C=O) groups excluding carboxylic acids is 1. The first-order valence-corrected chi connectivity index (χ1v) is 15.6. The third kappa shape index (κ3) is 6.65. The molecule has 10 atom stereocenters. The number of primary amides is 1. The molecule has 3 aromatic heterocycles. The summed E-state index contributed by atoms with van der Waals surface area (Å²) in [6.07, 6.45) is -9.61. The van der Waals surface area contributed by atoms with Gasteiger partial charge in [-0.1, -0.05) is 6.07 Å². The Balaban J connectivity index is 1.16. The topological polar surface area (TPSA) is 327 Å². The van der Waals surface area contributed by atoms with E-state index in [4.69, 9.17) is 25.5 Å². The SMILES string of the molecule is NC(=O)c1cccc([C@@H]2O[C@H](COP(=O)(O)OP(=O)(O)OC[C@H]3O[C@@H](n4cnc5c(N)ncnc54)C(O)[C@H]3O)C(O)[C@@H]2O)n1. The number of nitrogens with zero attached hydrogens (tertiary/aromatic N) is 5. The average Bonchev–Trinajstić information content (AvgIpc) is 3.61. The van der Waals surface area contributed by atoms with Gasteiger partial charge in [-0.05, 0) is 12.1 Å². The number of phosphoric ester groups is 2. The number of carbonyl (C=O) groups is 1. The van der Waals surface area contributed by atoms with E-state index in [1.165, 1.54) is 29.1 Å². The zero-order valence-electron chi connectivity index (χ0n) is 22.2. The molecule has 0 aromatic carbocycles. The highest BCUT2D eigenvalue weighted by Crippen LogP contribution is 2.60. The van der Waals surface area contributed by atoms with Crippen LogP contribution in [0.1, 0.15) is 28.5 Å². The first kappa shape index (κ1) is 32.4. The fourth-order valence-electron chi connectivity index (χ4n) is 4.54. The fraction of sp³-hybridized carbons (Fsp3) is 0.476. The van der Waals surface area contributed by atoms with Gasteiger partial charge >= 0.3 is 15.6 Å². The van der Waals surface area contributed by atoms with Crippen molar-refractivity contribution in [2.24, 2.45) is 5.73 Å². The molecule has 240 valence electrons. The summed E-state index contributed by atoms with van der Waals surface area (Å²) in [7, 11) is -10.8. The summed E-state index contributed by atoms with van der Waals surface area (Å²) < 4.78 is 50.7. The largest absolute Gasteiger partial charge is 0.481 e. The summed E-state index contributed by atoms with van der Waals surface area (Å²) in [6, 6.07) is 4.10. The molecule has 2 saturated heterocycles. The van der Waals surface area contributed by atoms with E-state index in [0.717, 1.165) is 6.33 Å². The van der Waals surface area contributed by atoms with Gasteiger partial charge in [0.15, 0.2) is 17.7 Å². The van der Waals surface area contributed by atoms with Crippen LogP contribution in [0.15, 0.2) is 30.9 Å². The molecule has 2 aliphatic heterocycles. The van der Waals surface area contributed by atoms with Gasteiger partial charge in [-0.25, -0.2) is 29.1 Å². The van der Waals surface area contributed by atoms with Crippen molar-refractivity contribution in [1.82, 2.24) is 24.5 Å². The molecule has 1 amide bonds. The van der Waals surface area contributed by atoms with Crippen molar-refractivity contribution in [3.63, 3.8) is 0 Å². The zero-order valence-corrected chi connectivity index (χ0v) is 23.9. The third-order valence-electron chi connectivity index (χ3n) is 6.69. The predicted octanol–water partition coefficient (Wildman–Crippen LogP) is -2.37. The number of aromatic nitrogens is 5. The average molecular weight is 663 g/mol. The van der Waals surface area contributed by atoms with Crippen molar-refractivity contribution in [1.29, 1.82) is 0 Å². The van der Waals surface area contributed by atoms with Gasteiger partial charge in [-0.3, -0.25) is 18.4 Å². The maximum atomic E-state index is 12.4. The lowest BCUT2D eigenvalue weighted by atomic mass is 10.1. The molecule has 2 fully saturated rings. The van der Waals surface area contributed by atoms with E-state index in [2.05, 4.69) is 28.8 Å². The van der Waals surface area contributed by atoms with Crippen LogP contribution in [0.5, 0.6) is 0 Å². The quantitative estimate of drug-likeness (QED) is 0.0994. The molecule has 5 heterocycles. The number of rotatable bonds is 11. The van der Waals surface area contributed by atoms with Crippen molar-refractivity contribution < 1.29 is 67.0 Å². The number of phosphoric acid groups is 2. The van der Waals surface area contributed by atoms with Gasteiger partial charge < -0.3 is 51.2 Å². The normalized spacial score (nSPS) is 31.6. The minimum Gasteiger partial charge on any atom is -0.387 e. The molecule has 44 heavy (non-hydrogen) atoms. The smallest absolute Gasteiger partial charge is 0.387 e. The first-order valence-electron chi connectivity index (χ1n) is 12.6. The summed E-state index contributed by atoms with van der Waals surface area (Å²) in [4.78, 5) is 47.2. The standard InChI is InChI=1S/C21H27N7O14P2/c22-18-12-20(25-6-24-18)28(7-26-12)21-16(32)14(30)11(41-21)5-39-44(36,37)42-43(34,35)38-4-10-13(29)15(31)17(40-10)8-2-1-3-9(27-8)19(23)33/h1-3,6-7,10-11,13-17,21,29-32H,4-5H2,(H2,23,33)(H,34,35)(H,36,37)(H2,22,24,25)/t10-,11-,13?,14+,15+,16?,17+,21-/m1/s1. The van der Waals surface area contributed by atoms with E-state index in [1.807, 2.05) is 0 Å². The Morgan fingerprint density at radius 3 is 2.23 bits per heavy atom. The molecule has 0 spiro atoms. The van der Waals surface area contributed by atoms with Crippen molar-refractivity contribution in [3.8, 4) is 0 Å². The van der Waals surface area contributed by atoms with Gasteiger partial charge in [-0.2, -0.15) is 4.31 Å². The van der Waals surface area contributed by atoms with Gasteiger partial charge in [0.25, 0.3) is 5.91 Å². The molecule has 5 rings (SSSR count). The number of anilines is 1. The number of aliphatic hydroxyl groups is 4. The Morgan fingerprint density at radius 1 is 0.932 bits per heavy atom. The van der Waals surface area contributed by atoms with Crippen LogP contribution < -0.4 is 11.5 Å². The Hall–Kier alpha value is -3.01. The van der Waals surface area contributed by atoms with Crippen molar-refractivity contribution in [2.45, 2.75) is 49.0 Å². The number of hydrogen-bond acceptors (Lipinski definition) is 17. The highest BCUT2D eigenvalue weighted by Gasteiger charge is 2.48. The molecule has 23 heteroatoms. The second kappa shape index (κ2) is 12.4. The van der Waals surface area contributed by atoms with Crippen LogP contribution in [-0.4, -0.2) is 110 Å². The van der Waals surface area contributed by atoms with E-state index < -0.39 is 83.7 Å². The molecule has 21 nitrogen and oxygen atoms in total. The highest BCUT2D eigenvalue weighted by molar-refractivity contribution is 7.61. The Labute approximate surface area is 246 Å². The molecular weight excluding hydrogens is 636 g/mol.